The molecule has 2 aromatic rings. The molecule has 2 heterocycles. The number of aromatic nitrogens is 2. The SMILES string of the molecule is N#CC(c1ccnc(F)c1)c1cc(C(F)(F)F)ccn1. The predicted octanol–water partition coefficient (Wildman–Crippen LogP) is 3.29. The summed E-state index contributed by atoms with van der Waals surface area (Å²) < 4.78 is 50.9. The van der Waals surface area contributed by atoms with Gasteiger partial charge in [0, 0.05) is 12.4 Å². The molecule has 3 nitrogen and oxygen atoms in total. The van der Waals surface area contributed by atoms with Crippen LogP contribution in [0.2, 0.25) is 0 Å². The Morgan fingerprint density at radius 1 is 1.10 bits per heavy atom. The summed E-state index contributed by atoms with van der Waals surface area (Å²) in [5.41, 5.74) is -0.794. The van der Waals surface area contributed by atoms with Gasteiger partial charge in [-0.15, -0.1) is 0 Å². The minimum Gasteiger partial charge on any atom is -0.260 e. The molecule has 2 aromatic heterocycles. The molecule has 0 aliphatic carbocycles. The molecule has 7 heteroatoms. The highest BCUT2D eigenvalue weighted by atomic mass is 19.4. The van der Waals surface area contributed by atoms with Crippen molar-refractivity contribution in [1.82, 2.24) is 9.97 Å². The molecule has 0 fully saturated rings. The van der Waals surface area contributed by atoms with Crippen LogP contribution in [0.15, 0.2) is 36.7 Å². The maximum atomic E-state index is 13.0. The van der Waals surface area contributed by atoms with Gasteiger partial charge >= 0.3 is 6.18 Å². The maximum Gasteiger partial charge on any atom is 0.416 e. The van der Waals surface area contributed by atoms with Crippen LogP contribution in [0.25, 0.3) is 0 Å². The van der Waals surface area contributed by atoms with E-state index in [9.17, 15) is 17.6 Å². The summed E-state index contributed by atoms with van der Waals surface area (Å²) in [5.74, 6) is -1.90. The van der Waals surface area contributed by atoms with Gasteiger partial charge in [-0.2, -0.15) is 22.8 Å². The first-order valence-corrected chi connectivity index (χ1v) is 5.46. The Kier molecular flexibility index (Phi) is 3.66. The van der Waals surface area contributed by atoms with Gasteiger partial charge in [-0.05, 0) is 29.8 Å². The summed E-state index contributed by atoms with van der Waals surface area (Å²) >= 11 is 0. The van der Waals surface area contributed by atoms with Crippen LogP contribution in [0.3, 0.4) is 0 Å². The average molecular weight is 281 g/mol. The number of halogens is 4. The second-order valence-corrected chi connectivity index (χ2v) is 3.94. The molecule has 0 N–H and O–H groups in total. The van der Waals surface area contributed by atoms with Crippen LogP contribution in [-0.4, -0.2) is 9.97 Å². The zero-order chi connectivity index (χ0) is 14.8. The van der Waals surface area contributed by atoms with Crippen molar-refractivity contribution >= 4 is 0 Å². The van der Waals surface area contributed by atoms with Gasteiger partial charge in [-0.25, -0.2) is 4.98 Å². The number of pyridine rings is 2. The highest BCUT2D eigenvalue weighted by Gasteiger charge is 2.31. The van der Waals surface area contributed by atoms with Crippen LogP contribution in [0, 0.1) is 17.3 Å². The Hall–Kier alpha value is -2.49. The molecule has 0 spiro atoms. The first kappa shape index (κ1) is 13.9. The average Bonchev–Trinajstić information content (AvgIpc) is 2.39. The summed E-state index contributed by atoms with van der Waals surface area (Å²) in [5, 5.41) is 9.10. The van der Waals surface area contributed by atoms with Crippen LogP contribution in [-0.2, 0) is 6.18 Å². The smallest absolute Gasteiger partial charge is 0.260 e. The molecule has 0 saturated heterocycles. The Balaban J connectivity index is 2.46. The lowest BCUT2D eigenvalue weighted by Gasteiger charge is -2.12. The Labute approximate surface area is 111 Å². The van der Waals surface area contributed by atoms with E-state index >= 15 is 0 Å². The number of nitriles is 1. The van der Waals surface area contributed by atoms with Crippen molar-refractivity contribution in [3.63, 3.8) is 0 Å². The van der Waals surface area contributed by atoms with Gasteiger partial charge in [0.1, 0.15) is 5.92 Å². The van der Waals surface area contributed by atoms with E-state index in [0.717, 1.165) is 30.6 Å². The fourth-order valence-electron chi connectivity index (χ4n) is 1.69. The summed E-state index contributed by atoms with van der Waals surface area (Å²) in [4.78, 5) is 7.10. The minimum atomic E-state index is -4.53. The Bertz CT molecular complexity index is 661. The largest absolute Gasteiger partial charge is 0.416 e. The molecule has 20 heavy (non-hydrogen) atoms. The third-order valence-electron chi connectivity index (χ3n) is 2.62. The zero-order valence-electron chi connectivity index (χ0n) is 9.89. The van der Waals surface area contributed by atoms with Crippen molar-refractivity contribution < 1.29 is 17.6 Å². The molecule has 0 aromatic carbocycles. The normalized spacial score (nSPS) is 12.8. The standard InChI is InChI=1S/C13H7F4N3/c14-12-5-8(1-3-20-12)10(7-18)11-6-9(2-4-19-11)13(15,16)17/h1-6,10H. The maximum absolute atomic E-state index is 13.0. The van der Waals surface area contributed by atoms with Gasteiger partial charge in [0.25, 0.3) is 0 Å². The van der Waals surface area contributed by atoms with Crippen molar-refractivity contribution in [3.8, 4) is 6.07 Å². The first-order chi connectivity index (χ1) is 9.41. The van der Waals surface area contributed by atoms with Gasteiger partial charge in [0.15, 0.2) is 0 Å². The fraction of sp³-hybridized carbons (Fsp3) is 0.154. The molecule has 0 amide bonds. The Morgan fingerprint density at radius 3 is 2.40 bits per heavy atom. The van der Waals surface area contributed by atoms with E-state index in [4.69, 9.17) is 5.26 Å². The third kappa shape index (κ3) is 2.91. The van der Waals surface area contributed by atoms with Crippen molar-refractivity contribution in [1.29, 1.82) is 5.26 Å². The predicted molar refractivity (Wildman–Crippen MR) is 60.9 cm³/mol. The van der Waals surface area contributed by atoms with Crippen molar-refractivity contribution in [3.05, 3.63) is 59.4 Å². The van der Waals surface area contributed by atoms with E-state index in [1.807, 2.05) is 6.07 Å². The van der Waals surface area contributed by atoms with Crippen molar-refractivity contribution in [2.24, 2.45) is 0 Å². The van der Waals surface area contributed by atoms with Crippen molar-refractivity contribution in [2.45, 2.75) is 12.1 Å². The highest BCUT2D eigenvalue weighted by molar-refractivity contribution is 5.35. The lowest BCUT2D eigenvalue weighted by molar-refractivity contribution is -0.137. The van der Waals surface area contributed by atoms with Crippen molar-refractivity contribution in [2.75, 3.05) is 0 Å². The molecule has 0 aliphatic heterocycles. The second-order valence-electron chi connectivity index (χ2n) is 3.94. The molecular weight excluding hydrogens is 274 g/mol. The van der Waals surface area contributed by atoms with Gasteiger partial charge in [0.05, 0.1) is 17.3 Å². The molecule has 0 aliphatic rings. The Morgan fingerprint density at radius 2 is 1.80 bits per heavy atom. The van der Waals surface area contributed by atoms with Gasteiger partial charge in [0.2, 0.25) is 5.95 Å². The van der Waals surface area contributed by atoms with E-state index < -0.39 is 23.6 Å². The highest BCUT2D eigenvalue weighted by Crippen LogP contribution is 2.31. The molecular formula is C13H7F4N3. The van der Waals surface area contributed by atoms with Crippen LogP contribution >= 0.6 is 0 Å². The molecule has 0 radical (unpaired) electrons. The minimum absolute atomic E-state index is 0.0899. The summed E-state index contributed by atoms with van der Waals surface area (Å²) in [6.45, 7) is 0. The van der Waals surface area contributed by atoms with E-state index in [1.54, 1.807) is 0 Å². The zero-order valence-corrected chi connectivity index (χ0v) is 9.89. The molecule has 0 bridgehead atoms. The van der Waals surface area contributed by atoms with E-state index in [-0.39, 0.29) is 11.3 Å². The van der Waals surface area contributed by atoms with E-state index in [1.165, 1.54) is 6.07 Å². The number of rotatable bonds is 2. The van der Waals surface area contributed by atoms with E-state index in [0.29, 0.717) is 0 Å². The summed E-state index contributed by atoms with van der Waals surface area (Å²) in [6, 6.07) is 5.77. The third-order valence-corrected chi connectivity index (χ3v) is 2.62. The van der Waals surface area contributed by atoms with Crippen LogP contribution in [0.1, 0.15) is 22.7 Å². The summed E-state index contributed by atoms with van der Waals surface area (Å²) in [6.07, 6.45) is -2.41. The second kappa shape index (κ2) is 5.25. The van der Waals surface area contributed by atoms with Crippen LogP contribution in [0.5, 0.6) is 0 Å². The molecule has 102 valence electrons. The number of hydrogen-bond acceptors (Lipinski definition) is 3. The fourth-order valence-corrected chi connectivity index (χ4v) is 1.69. The van der Waals surface area contributed by atoms with Gasteiger partial charge in [-0.3, -0.25) is 4.98 Å². The number of alkyl halides is 3. The molecule has 2 rings (SSSR count). The molecule has 1 atom stereocenters. The van der Waals surface area contributed by atoms with Gasteiger partial charge in [-0.1, -0.05) is 0 Å². The van der Waals surface area contributed by atoms with Gasteiger partial charge < -0.3 is 0 Å². The lowest BCUT2D eigenvalue weighted by atomic mass is 9.96. The van der Waals surface area contributed by atoms with Crippen LogP contribution < -0.4 is 0 Å². The summed E-state index contributed by atoms with van der Waals surface area (Å²) in [7, 11) is 0. The molecule has 1 unspecified atom stereocenters. The molecule has 0 saturated carbocycles. The monoisotopic (exact) mass is 281 g/mol. The first-order valence-electron chi connectivity index (χ1n) is 5.46. The quantitative estimate of drug-likeness (QED) is 0.627. The van der Waals surface area contributed by atoms with E-state index in [2.05, 4.69) is 9.97 Å². The lowest BCUT2D eigenvalue weighted by Crippen LogP contribution is -2.08. The van der Waals surface area contributed by atoms with Crippen LogP contribution in [0.4, 0.5) is 17.6 Å². The number of nitrogens with zero attached hydrogens (tertiary/aromatic N) is 3. The number of hydrogen-bond donors (Lipinski definition) is 0. The topological polar surface area (TPSA) is 49.6 Å².